The van der Waals surface area contributed by atoms with E-state index in [0.717, 1.165) is 11.3 Å². The predicted octanol–water partition coefficient (Wildman–Crippen LogP) is 1.88. The maximum Gasteiger partial charge on any atom is 0.316 e. The molecule has 0 heterocycles. The zero-order chi connectivity index (χ0) is 10.6. The summed E-state index contributed by atoms with van der Waals surface area (Å²) in [4.78, 5) is 10.6. The Morgan fingerprint density at radius 2 is 2.29 bits per heavy atom. The van der Waals surface area contributed by atoms with Gasteiger partial charge in [0.15, 0.2) is 0 Å². The minimum atomic E-state index is -0.558. The summed E-state index contributed by atoms with van der Waals surface area (Å²) in [6.45, 7) is 4.43. The number of amides is 2. The van der Waals surface area contributed by atoms with Crippen LogP contribution in [0.1, 0.15) is 12.5 Å². The van der Waals surface area contributed by atoms with Crippen molar-refractivity contribution in [1.29, 1.82) is 0 Å². The first-order valence-corrected chi connectivity index (χ1v) is 4.43. The molecule has 1 aromatic carbocycles. The van der Waals surface area contributed by atoms with E-state index in [2.05, 4.69) is 5.32 Å². The van der Waals surface area contributed by atoms with Gasteiger partial charge in [0.05, 0.1) is 6.61 Å². The lowest BCUT2D eigenvalue weighted by atomic mass is 10.2. The molecule has 0 spiro atoms. The zero-order valence-electron chi connectivity index (χ0n) is 8.33. The number of carbonyl (C=O) groups excluding carboxylic acids is 1. The van der Waals surface area contributed by atoms with E-state index in [1.807, 2.05) is 19.9 Å². The van der Waals surface area contributed by atoms with Crippen LogP contribution in [0.4, 0.5) is 10.5 Å². The van der Waals surface area contributed by atoms with Crippen LogP contribution in [0.25, 0.3) is 0 Å². The Morgan fingerprint density at radius 1 is 1.57 bits per heavy atom. The molecule has 0 aliphatic carbocycles. The second-order valence-corrected chi connectivity index (χ2v) is 2.90. The number of hydrogen-bond acceptors (Lipinski definition) is 2. The van der Waals surface area contributed by atoms with Crippen LogP contribution in [0.15, 0.2) is 18.2 Å². The van der Waals surface area contributed by atoms with Crippen LogP contribution < -0.4 is 15.8 Å². The van der Waals surface area contributed by atoms with Gasteiger partial charge in [0.2, 0.25) is 0 Å². The van der Waals surface area contributed by atoms with Gasteiger partial charge in [-0.3, -0.25) is 0 Å². The highest BCUT2D eigenvalue weighted by molar-refractivity contribution is 5.88. The molecular formula is C10H14N2O2. The Kier molecular flexibility index (Phi) is 3.34. The first kappa shape index (κ1) is 10.4. The van der Waals surface area contributed by atoms with Gasteiger partial charge in [0.25, 0.3) is 0 Å². The standard InChI is InChI=1S/C10H14N2O2/c1-3-14-8-4-5-9(7(2)6-8)12-10(11)13/h4-6H,3H2,1-2H3,(H3,11,12,13). The van der Waals surface area contributed by atoms with Gasteiger partial charge in [-0.2, -0.15) is 0 Å². The molecule has 2 amide bonds. The predicted molar refractivity (Wildman–Crippen MR) is 55.6 cm³/mol. The third-order valence-corrected chi connectivity index (χ3v) is 1.77. The molecule has 1 aromatic rings. The average Bonchev–Trinajstić information content (AvgIpc) is 2.10. The maximum atomic E-state index is 10.6. The number of rotatable bonds is 3. The number of nitrogens with one attached hydrogen (secondary N) is 1. The van der Waals surface area contributed by atoms with Crippen molar-refractivity contribution >= 4 is 11.7 Å². The molecule has 1 rings (SSSR count). The smallest absolute Gasteiger partial charge is 0.316 e. The Labute approximate surface area is 83.1 Å². The van der Waals surface area contributed by atoms with Gasteiger partial charge in [0.1, 0.15) is 5.75 Å². The molecule has 0 fully saturated rings. The summed E-state index contributed by atoms with van der Waals surface area (Å²) < 4.78 is 5.30. The normalized spacial score (nSPS) is 9.57. The van der Waals surface area contributed by atoms with Crippen LogP contribution in [0.2, 0.25) is 0 Å². The Balaban J connectivity index is 2.84. The Hall–Kier alpha value is -1.71. The second-order valence-electron chi connectivity index (χ2n) is 2.90. The minimum absolute atomic E-state index is 0.558. The highest BCUT2D eigenvalue weighted by Crippen LogP contribution is 2.20. The zero-order valence-corrected chi connectivity index (χ0v) is 8.33. The molecule has 0 aromatic heterocycles. The number of urea groups is 1. The topological polar surface area (TPSA) is 64.3 Å². The van der Waals surface area contributed by atoms with E-state index in [1.54, 1.807) is 12.1 Å². The quantitative estimate of drug-likeness (QED) is 0.771. The highest BCUT2D eigenvalue weighted by Gasteiger charge is 2.01. The number of anilines is 1. The van der Waals surface area contributed by atoms with E-state index in [-0.39, 0.29) is 0 Å². The third kappa shape index (κ3) is 2.65. The van der Waals surface area contributed by atoms with E-state index in [0.29, 0.717) is 12.3 Å². The average molecular weight is 194 g/mol. The summed E-state index contributed by atoms with van der Waals surface area (Å²) in [7, 11) is 0. The van der Waals surface area contributed by atoms with Gasteiger partial charge in [0, 0.05) is 5.69 Å². The number of nitrogens with two attached hydrogens (primary N) is 1. The summed E-state index contributed by atoms with van der Waals surface area (Å²) in [5.74, 6) is 0.792. The molecule has 4 nitrogen and oxygen atoms in total. The summed E-state index contributed by atoms with van der Waals surface area (Å²) in [6, 6.07) is 4.86. The largest absolute Gasteiger partial charge is 0.494 e. The molecule has 0 unspecified atom stereocenters. The number of hydrogen-bond donors (Lipinski definition) is 2. The molecule has 76 valence electrons. The van der Waals surface area contributed by atoms with E-state index in [4.69, 9.17) is 10.5 Å². The lowest BCUT2D eigenvalue weighted by Crippen LogP contribution is -2.19. The SMILES string of the molecule is CCOc1ccc(NC(N)=O)c(C)c1. The van der Waals surface area contributed by atoms with Crippen LogP contribution in [-0.2, 0) is 0 Å². The van der Waals surface area contributed by atoms with Gasteiger partial charge in [-0.25, -0.2) is 4.79 Å². The Morgan fingerprint density at radius 3 is 2.79 bits per heavy atom. The number of benzene rings is 1. The monoisotopic (exact) mass is 194 g/mol. The summed E-state index contributed by atoms with van der Waals surface area (Å²) in [5, 5.41) is 2.53. The van der Waals surface area contributed by atoms with Gasteiger partial charge >= 0.3 is 6.03 Å². The van der Waals surface area contributed by atoms with E-state index in [1.165, 1.54) is 0 Å². The van der Waals surface area contributed by atoms with Crippen molar-refractivity contribution in [2.45, 2.75) is 13.8 Å². The van der Waals surface area contributed by atoms with Gasteiger partial charge < -0.3 is 15.8 Å². The first-order chi connectivity index (χ1) is 6.63. The highest BCUT2D eigenvalue weighted by atomic mass is 16.5. The van der Waals surface area contributed by atoms with Gasteiger partial charge in [-0.05, 0) is 37.6 Å². The van der Waals surface area contributed by atoms with Crippen molar-refractivity contribution < 1.29 is 9.53 Å². The van der Waals surface area contributed by atoms with Crippen molar-refractivity contribution in [2.75, 3.05) is 11.9 Å². The van der Waals surface area contributed by atoms with Crippen LogP contribution in [0.5, 0.6) is 5.75 Å². The molecule has 0 saturated heterocycles. The lowest BCUT2D eigenvalue weighted by molar-refractivity contribution is 0.259. The maximum absolute atomic E-state index is 10.6. The molecule has 0 saturated carbocycles. The Bertz CT molecular complexity index is 337. The molecule has 0 aliphatic rings. The van der Waals surface area contributed by atoms with Crippen molar-refractivity contribution in [1.82, 2.24) is 0 Å². The lowest BCUT2D eigenvalue weighted by Gasteiger charge is -2.08. The first-order valence-electron chi connectivity index (χ1n) is 4.43. The van der Waals surface area contributed by atoms with E-state index >= 15 is 0 Å². The van der Waals surface area contributed by atoms with Gasteiger partial charge in [-0.15, -0.1) is 0 Å². The summed E-state index contributed by atoms with van der Waals surface area (Å²) in [6.07, 6.45) is 0. The molecule has 4 heteroatoms. The third-order valence-electron chi connectivity index (χ3n) is 1.77. The fraction of sp³-hybridized carbons (Fsp3) is 0.300. The van der Waals surface area contributed by atoms with Crippen LogP contribution >= 0.6 is 0 Å². The molecule has 0 bridgehead atoms. The molecule has 0 aliphatic heterocycles. The number of primary amides is 1. The van der Waals surface area contributed by atoms with Gasteiger partial charge in [-0.1, -0.05) is 0 Å². The van der Waals surface area contributed by atoms with Crippen molar-refractivity contribution in [3.05, 3.63) is 23.8 Å². The summed E-state index contributed by atoms with van der Waals surface area (Å²) in [5.41, 5.74) is 6.64. The second kappa shape index (κ2) is 4.50. The minimum Gasteiger partial charge on any atom is -0.494 e. The number of carbonyl (C=O) groups is 1. The van der Waals surface area contributed by atoms with Crippen LogP contribution in [0, 0.1) is 6.92 Å². The van der Waals surface area contributed by atoms with Crippen molar-refractivity contribution in [2.24, 2.45) is 5.73 Å². The number of aryl methyl sites for hydroxylation is 1. The fourth-order valence-electron chi connectivity index (χ4n) is 1.17. The van der Waals surface area contributed by atoms with Crippen molar-refractivity contribution in [3.8, 4) is 5.75 Å². The summed E-state index contributed by atoms with van der Waals surface area (Å²) >= 11 is 0. The van der Waals surface area contributed by atoms with Crippen LogP contribution in [0.3, 0.4) is 0 Å². The molecule has 0 atom stereocenters. The molecule has 14 heavy (non-hydrogen) atoms. The molecular weight excluding hydrogens is 180 g/mol. The van der Waals surface area contributed by atoms with E-state index in [9.17, 15) is 4.79 Å². The fourth-order valence-corrected chi connectivity index (χ4v) is 1.17. The number of ether oxygens (including phenoxy) is 1. The van der Waals surface area contributed by atoms with Crippen LogP contribution in [-0.4, -0.2) is 12.6 Å². The molecule has 3 N–H and O–H groups in total. The van der Waals surface area contributed by atoms with Crippen molar-refractivity contribution in [3.63, 3.8) is 0 Å². The van der Waals surface area contributed by atoms with E-state index < -0.39 is 6.03 Å². The molecule has 0 radical (unpaired) electrons.